The third kappa shape index (κ3) is 6.34. The minimum atomic E-state index is -3.72. The first-order chi connectivity index (χ1) is 15.4. The Morgan fingerprint density at radius 3 is 2.53 bits per heavy atom. The third-order valence-corrected chi connectivity index (χ3v) is 6.31. The van der Waals surface area contributed by atoms with Crippen LogP contribution in [0.15, 0.2) is 58.4 Å². The number of methoxy groups -OCH3 is 2. The van der Waals surface area contributed by atoms with E-state index in [0.29, 0.717) is 41.6 Å². The standard InChI is InChI=1S/C23H27N3O5S/c1-30-19-10-13-21(31-2)17(16-19)7-14-23(27)25-18-8-11-20(12-9-18)32(28,29)26-22-6-4-3-5-15-24-22/h7-14,16H,3-6,15H2,1-2H3,(H,24,26)(H,25,27). The highest BCUT2D eigenvalue weighted by molar-refractivity contribution is 7.90. The monoisotopic (exact) mass is 457 g/mol. The molecule has 3 rings (SSSR count). The number of aliphatic imine (C=N–C) groups is 1. The maximum absolute atomic E-state index is 12.6. The number of hydrogen-bond donors (Lipinski definition) is 2. The highest BCUT2D eigenvalue weighted by Gasteiger charge is 2.17. The van der Waals surface area contributed by atoms with Crippen LogP contribution in [-0.4, -0.2) is 40.9 Å². The second kappa shape index (κ2) is 10.8. The van der Waals surface area contributed by atoms with Crippen molar-refractivity contribution in [1.82, 2.24) is 4.72 Å². The number of nitrogens with zero attached hydrogens (tertiary/aromatic N) is 1. The normalized spacial score (nSPS) is 14.4. The summed E-state index contributed by atoms with van der Waals surface area (Å²) in [4.78, 5) is 16.7. The van der Waals surface area contributed by atoms with Crippen LogP contribution in [0.25, 0.3) is 6.08 Å². The van der Waals surface area contributed by atoms with Gasteiger partial charge in [0.25, 0.3) is 10.0 Å². The molecule has 2 N–H and O–H groups in total. The first kappa shape index (κ1) is 23.3. The molecule has 0 fully saturated rings. The van der Waals surface area contributed by atoms with Gasteiger partial charge in [-0.1, -0.05) is 6.42 Å². The van der Waals surface area contributed by atoms with Crippen molar-refractivity contribution in [2.75, 3.05) is 26.1 Å². The maximum atomic E-state index is 12.6. The average molecular weight is 458 g/mol. The lowest BCUT2D eigenvalue weighted by Gasteiger charge is -2.10. The zero-order valence-corrected chi connectivity index (χ0v) is 18.9. The van der Waals surface area contributed by atoms with Crippen molar-refractivity contribution in [3.05, 3.63) is 54.1 Å². The molecule has 0 spiro atoms. The summed E-state index contributed by atoms with van der Waals surface area (Å²) in [6.07, 6.45) is 6.54. The Balaban J connectivity index is 1.64. The van der Waals surface area contributed by atoms with E-state index in [1.165, 1.54) is 18.2 Å². The number of rotatable bonds is 7. The van der Waals surface area contributed by atoms with Crippen molar-refractivity contribution < 1.29 is 22.7 Å². The van der Waals surface area contributed by atoms with E-state index >= 15 is 0 Å². The summed E-state index contributed by atoms with van der Waals surface area (Å²) in [7, 11) is -0.607. The Morgan fingerprint density at radius 1 is 1.03 bits per heavy atom. The Labute approximate surface area is 188 Å². The van der Waals surface area contributed by atoms with E-state index in [1.54, 1.807) is 50.6 Å². The fourth-order valence-electron chi connectivity index (χ4n) is 3.21. The van der Waals surface area contributed by atoms with Crippen molar-refractivity contribution in [2.24, 2.45) is 4.99 Å². The summed E-state index contributed by atoms with van der Waals surface area (Å²) >= 11 is 0. The van der Waals surface area contributed by atoms with Crippen molar-refractivity contribution in [2.45, 2.75) is 30.6 Å². The van der Waals surface area contributed by atoms with E-state index in [2.05, 4.69) is 15.0 Å². The number of carbonyl (C=O) groups excluding carboxylic acids is 1. The molecular weight excluding hydrogens is 430 g/mol. The molecule has 2 aromatic carbocycles. The number of amides is 1. The van der Waals surface area contributed by atoms with Gasteiger partial charge in [0.1, 0.15) is 17.3 Å². The smallest absolute Gasteiger partial charge is 0.262 e. The molecule has 0 bridgehead atoms. The number of nitrogens with one attached hydrogen (secondary N) is 2. The summed E-state index contributed by atoms with van der Waals surface area (Å²) in [5.74, 6) is 1.38. The molecule has 170 valence electrons. The van der Waals surface area contributed by atoms with Crippen LogP contribution in [0.2, 0.25) is 0 Å². The predicted octanol–water partition coefficient (Wildman–Crippen LogP) is 3.61. The molecule has 0 aromatic heterocycles. The minimum Gasteiger partial charge on any atom is -0.497 e. The van der Waals surface area contributed by atoms with E-state index in [4.69, 9.17) is 9.47 Å². The molecule has 0 saturated carbocycles. The highest BCUT2D eigenvalue weighted by atomic mass is 32.2. The van der Waals surface area contributed by atoms with Crippen LogP contribution in [0.5, 0.6) is 11.5 Å². The lowest BCUT2D eigenvalue weighted by atomic mass is 10.1. The molecule has 1 heterocycles. The summed E-state index contributed by atoms with van der Waals surface area (Å²) in [5.41, 5.74) is 1.17. The lowest BCUT2D eigenvalue weighted by Crippen LogP contribution is -2.30. The Morgan fingerprint density at radius 2 is 1.81 bits per heavy atom. The van der Waals surface area contributed by atoms with E-state index in [1.807, 2.05) is 0 Å². The zero-order valence-electron chi connectivity index (χ0n) is 18.1. The van der Waals surface area contributed by atoms with Crippen LogP contribution < -0.4 is 19.5 Å². The summed E-state index contributed by atoms with van der Waals surface area (Å²) in [6, 6.07) is 11.3. The molecule has 8 nitrogen and oxygen atoms in total. The number of carbonyl (C=O) groups is 1. The SMILES string of the molecule is COc1ccc(OC)c(C=CC(=O)Nc2ccc(S(=O)(=O)NC3=NCCCCC3)cc2)c1. The number of hydrogen-bond acceptors (Lipinski definition) is 6. The summed E-state index contributed by atoms with van der Waals surface area (Å²) in [6.45, 7) is 0.637. The molecule has 0 saturated heterocycles. The topological polar surface area (TPSA) is 106 Å². The molecule has 1 aliphatic rings. The second-order valence-corrected chi connectivity index (χ2v) is 8.88. The fourth-order valence-corrected chi connectivity index (χ4v) is 4.30. The number of benzene rings is 2. The van der Waals surface area contributed by atoms with Crippen LogP contribution in [0.4, 0.5) is 5.69 Å². The molecule has 0 aliphatic carbocycles. The van der Waals surface area contributed by atoms with Gasteiger partial charge in [-0.05, 0) is 61.4 Å². The first-order valence-electron chi connectivity index (χ1n) is 10.3. The van der Waals surface area contributed by atoms with Gasteiger partial charge in [0.15, 0.2) is 0 Å². The maximum Gasteiger partial charge on any atom is 0.262 e. The molecule has 0 unspecified atom stereocenters. The third-order valence-electron chi connectivity index (χ3n) is 4.91. The molecule has 0 atom stereocenters. The summed E-state index contributed by atoms with van der Waals surface area (Å²) < 4.78 is 38.3. The van der Waals surface area contributed by atoms with Gasteiger partial charge in [-0.3, -0.25) is 14.5 Å². The van der Waals surface area contributed by atoms with Crippen molar-refractivity contribution in [3.8, 4) is 11.5 Å². The zero-order chi connectivity index (χ0) is 23.0. The molecule has 0 radical (unpaired) electrons. The molecule has 1 aliphatic heterocycles. The quantitative estimate of drug-likeness (QED) is 0.618. The van der Waals surface area contributed by atoms with Gasteiger partial charge in [0, 0.05) is 30.3 Å². The van der Waals surface area contributed by atoms with Gasteiger partial charge in [-0.25, -0.2) is 8.42 Å². The van der Waals surface area contributed by atoms with Gasteiger partial charge in [0.2, 0.25) is 5.91 Å². The van der Waals surface area contributed by atoms with Crippen molar-refractivity contribution in [3.63, 3.8) is 0 Å². The van der Waals surface area contributed by atoms with Crippen LogP contribution in [0.3, 0.4) is 0 Å². The Kier molecular flexibility index (Phi) is 7.88. The van der Waals surface area contributed by atoms with E-state index in [-0.39, 0.29) is 10.8 Å². The average Bonchev–Trinajstić information content (AvgIpc) is 3.06. The molecule has 32 heavy (non-hydrogen) atoms. The van der Waals surface area contributed by atoms with Crippen molar-refractivity contribution >= 4 is 33.5 Å². The number of ether oxygens (including phenoxy) is 2. The van der Waals surface area contributed by atoms with E-state index in [9.17, 15) is 13.2 Å². The number of amidine groups is 1. The summed E-state index contributed by atoms with van der Waals surface area (Å²) in [5, 5.41) is 2.71. The van der Waals surface area contributed by atoms with E-state index in [0.717, 1.165) is 19.3 Å². The Hall–Kier alpha value is -3.33. The van der Waals surface area contributed by atoms with Gasteiger partial charge < -0.3 is 14.8 Å². The lowest BCUT2D eigenvalue weighted by molar-refractivity contribution is -0.111. The van der Waals surface area contributed by atoms with Crippen LogP contribution >= 0.6 is 0 Å². The largest absolute Gasteiger partial charge is 0.497 e. The molecule has 9 heteroatoms. The van der Waals surface area contributed by atoms with Crippen LogP contribution in [0.1, 0.15) is 31.2 Å². The van der Waals surface area contributed by atoms with Crippen LogP contribution in [0, 0.1) is 0 Å². The number of sulfonamides is 1. The fraction of sp³-hybridized carbons (Fsp3) is 0.304. The molecule has 1 amide bonds. The van der Waals surface area contributed by atoms with Gasteiger partial charge in [-0.15, -0.1) is 0 Å². The molecule has 2 aromatic rings. The van der Waals surface area contributed by atoms with Gasteiger partial charge in [-0.2, -0.15) is 0 Å². The van der Waals surface area contributed by atoms with Gasteiger partial charge in [0.05, 0.1) is 19.1 Å². The Bertz CT molecular complexity index is 1110. The van der Waals surface area contributed by atoms with Crippen molar-refractivity contribution in [1.29, 1.82) is 0 Å². The predicted molar refractivity (Wildman–Crippen MR) is 125 cm³/mol. The van der Waals surface area contributed by atoms with Gasteiger partial charge >= 0.3 is 0 Å². The highest BCUT2D eigenvalue weighted by Crippen LogP contribution is 2.25. The molecular formula is C23H27N3O5S. The second-order valence-electron chi connectivity index (χ2n) is 7.20. The number of anilines is 1. The first-order valence-corrected chi connectivity index (χ1v) is 11.8. The van der Waals surface area contributed by atoms with E-state index < -0.39 is 10.0 Å². The van der Waals surface area contributed by atoms with Crippen LogP contribution in [-0.2, 0) is 14.8 Å². The minimum absolute atomic E-state index is 0.110.